The highest BCUT2D eigenvalue weighted by atomic mass is 16.6. The van der Waals surface area contributed by atoms with E-state index in [9.17, 15) is 14.9 Å². The fourth-order valence-electron chi connectivity index (χ4n) is 1.36. The number of non-ortho nitro benzene ring substituents is 1. The zero-order chi connectivity index (χ0) is 13.5. The molecule has 0 saturated carbocycles. The summed E-state index contributed by atoms with van der Waals surface area (Å²) < 4.78 is 0. The van der Waals surface area contributed by atoms with Gasteiger partial charge in [0.1, 0.15) is 0 Å². The van der Waals surface area contributed by atoms with E-state index in [1.807, 2.05) is 0 Å². The first-order valence-corrected chi connectivity index (χ1v) is 5.49. The molecule has 0 unspecified atom stereocenters. The highest BCUT2D eigenvalue weighted by molar-refractivity contribution is 5.72. The molecule has 1 N–H and O–H groups in total. The number of carbonyl (C=O) groups is 1. The molecule has 1 aromatic carbocycles. The molecule has 0 heterocycles. The number of hydrogen-bond acceptors (Lipinski definition) is 3. The maximum Gasteiger partial charge on any atom is 0.269 e. The average Bonchev–Trinajstić information content (AvgIpc) is 2.29. The second-order valence-electron chi connectivity index (χ2n) is 3.79. The SMILES string of the molecule is CC(=O)NCCC#Cc1ccc([N+](=O)[O-])cc1C. The van der Waals surface area contributed by atoms with Gasteiger partial charge in [-0.3, -0.25) is 14.9 Å². The molecular formula is C13H14N2O3. The first-order chi connectivity index (χ1) is 8.50. The predicted octanol–water partition coefficient (Wildman–Crippen LogP) is 1.78. The van der Waals surface area contributed by atoms with Crippen LogP contribution in [0, 0.1) is 28.9 Å². The number of amides is 1. The van der Waals surface area contributed by atoms with Crippen LogP contribution in [0.5, 0.6) is 0 Å². The Balaban J connectivity index is 2.65. The van der Waals surface area contributed by atoms with Crippen molar-refractivity contribution < 1.29 is 9.72 Å². The highest BCUT2D eigenvalue weighted by Crippen LogP contribution is 2.16. The number of carbonyl (C=O) groups excluding carboxylic acids is 1. The maximum absolute atomic E-state index is 10.6. The van der Waals surface area contributed by atoms with Gasteiger partial charge in [-0.1, -0.05) is 11.8 Å². The van der Waals surface area contributed by atoms with E-state index in [0.717, 1.165) is 11.1 Å². The summed E-state index contributed by atoms with van der Waals surface area (Å²) in [6.45, 7) is 3.74. The molecule has 0 fully saturated rings. The number of nitrogens with one attached hydrogen (secondary N) is 1. The molecule has 0 aromatic heterocycles. The zero-order valence-corrected chi connectivity index (χ0v) is 10.3. The largest absolute Gasteiger partial charge is 0.355 e. The molecule has 0 aliphatic heterocycles. The number of hydrogen-bond donors (Lipinski definition) is 1. The van der Waals surface area contributed by atoms with Crippen LogP contribution < -0.4 is 5.32 Å². The van der Waals surface area contributed by atoms with Crippen molar-refractivity contribution in [2.75, 3.05) is 6.54 Å². The third kappa shape index (κ3) is 4.26. The van der Waals surface area contributed by atoms with Gasteiger partial charge in [-0.2, -0.15) is 0 Å². The van der Waals surface area contributed by atoms with Crippen molar-refractivity contribution in [2.45, 2.75) is 20.3 Å². The lowest BCUT2D eigenvalue weighted by Gasteiger charge is -1.98. The van der Waals surface area contributed by atoms with Crippen molar-refractivity contribution in [3.63, 3.8) is 0 Å². The first-order valence-electron chi connectivity index (χ1n) is 5.49. The van der Waals surface area contributed by atoms with E-state index in [-0.39, 0.29) is 11.6 Å². The molecule has 0 spiro atoms. The number of nitro benzene ring substituents is 1. The van der Waals surface area contributed by atoms with E-state index < -0.39 is 4.92 Å². The van der Waals surface area contributed by atoms with E-state index in [4.69, 9.17) is 0 Å². The molecule has 0 bridgehead atoms. The van der Waals surface area contributed by atoms with Gasteiger partial charge < -0.3 is 5.32 Å². The molecule has 1 aromatic rings. The van der Waals surface area contributed by atoms with Crippen molar-refractivity contribution in [1.29, 1.82) is 0 Å². The van der Waals surface area contributed by atoms with Crippen LogP contribution in [0.15, 0.2) is 18.2 Å². The standard InChI is InChI=1S/C13H14N2O3/c1-10-9-13(15(17)18)7-6-12(10)5-3-4-8-14-11(2)16/h6-7,9H,4,8H2,1-2H3,(H,14,16). The minimum absolute atomic E-state index is 0.0660. The van der Waals surface area contributed by atoms with E-state index in [1.54, 1.807) is 13.0 Å². The summed E-state index contributed by atoms with van der Waals surface area (Å²) in [6.07, 6.45) is 0.552. The quantitative estimate of drug-likeness (QED) is 0.382. The van der Waals surface area contributed by atoms with Crippen LogP contribution in [-0.2, 0) is 4.79 Å². The van der Waals surface area contributed by atoms with E-state index in [1.165, 1.54) is 19.1 Å². The summed E-state index contributed by atoms with van der Waals surface area (Å²) in [7, 11) is 0. The van der Waals surface area contributed by atoms with Gasteiger partial charge in [0.2, 0.25) is 5.91 Å². The molecule has 0 radical (unpaired) electrons. The second kappa shape index (κ2) is 6.40. The molecule has 18 heavy (non-hydrogen) atoms. The molecule has 94 valence electrons. The number of benzene rings is 1. The molecule has 1 rings (SSSR count). The normalized spacial score (nSPS) is 9.22. The summed E-state index contributed by atoms with van der Waals surface area (Å²) in [5.74, 6) is 5.76. The van der Waals surface area contributed by atoms with Gasteiger partial charge in [0.15, 0.2) is 0 Å². The molecule has 0 atom stereocenters. The van der Waals surface area contributed by atoms with Crippen molar-refractivity contribution in [2.24, 2.45) is 0 Å². The zero-order valence-electron chi connectivity index (χ0n) is 10.3. The van der Waals surface area contributed by atoms with E-state index >= 15 is 0 Å². The summed E-state index contributed by atoms with van der Waals surface area (Å²) in [6, 6.07) is 4.57. The summed E-state index contributed by atoms with van der Waals surface area (Å²) in [5, 5.41) is 13.2. The second-order valence-corrected chi connectivity index (χ2v) is 3.79. The molecule has 0 aliphatic carbocycles. The Bertz CT molecular complexity index is 527. The Hall–Kier alpha value is -2.35. The Labute approximate surface area is 105 Å². The van der Waals surface area contributed by atoms with Gasteiger partial charge >= 0.3 is 0 Å². The third-order valence-electron chi connectivity index (χ3n) is 2.27. The average molecular weight is 246 g/mol. The molecule has 5 heteroatoms. The van der Waals surface area contributed by atoms with Gasteiger partial charge in [0.25, 0.3) is 5.69 Å². The molecular weight excluding hydrogens is 232 g/mol. The Kier molecular flexibility index (Phi) is 4.88. The lowest BCUT2D eigenvalue weighted by molar-refractivity contribution is -0.384. The van der Waals surface area contributed by atoms with Crippen LogP contribution in [0.4, 0.5) is 5.69 Å². The van der Waals surface area contributed by atoms with Crippen LogP contribution in [0.3, 0.4) is 0 Å². The van der Waals surface area contributed by atoms with Gasteiger partial charge in [-0.05, 0) is 18.6 Å². The van der Waals surface area contributed by atoms with Gasteiger partial charge in [0.05, 0.1) is 4.92 Å². The van der Waals surface area contributed by atoms with Crippen molar-refractivity contribution in [3.8, 4) is 11.8 Å². The van der Waals surface area contributed by atoms with E-state index in [0.29, 0.717) is 13.0 Å². The Morgan fingerprint density at radius 2 is 2.22 bits per heavy atom. The highest BCUT2D eigenvalue weighted by Gasteiger charge is 2.06. The van der Waals surface area contributed by atoms with Crippen molar-refractivity contribution in [1.82, 2.24) is 5.32 Å². The predicted molar refractivity (Wildman–Crippen MR) is 68.0 cm³/mol. The number of nitrogens with zero attached hydrogens (tertiary/aromatic N) is 1. The summed E-state index contributed by atoms with van der Waals surface area (Å²) in [4.78, 5) is 20.7. The summed E-state index contributed by atoms with van der Waals surface area (Å²) in [5.41, 5.74) is 1.61. The lowest BCUT2D eigenvalue weighted by Crippen LogP contribution is -2.20. The molecule has 5 nitrogen and oxygen atoms in total. The molecule has 0 saturated heterocycles. The first kappa shape index (κ1) is 13.7. The molecule has 0 aliphatic rings. The third-order valence-corrected chi connectivity index (χ3v) is 2.27. The topological polar surface area (TPSA) is 72.2 Å². The smallest absolute Gasteiger partial charge is 0.269 e. The Morgan fingerprint density at radius 1 is 1.50 bits per heavy atom. The van der Waals surface area contributed by atoms with Crippen LogP contribution in [0.2, 0.25) is 0 Å². The van der Waals surface area contributed by atoms with Gasteiger partial charge in [0, 0.05) is 37.6 Å². The maximum atomic E-state index is 10.6. The number of rotatable bonds is 3. The van der Waals surface area contributed by atoms with Gasteiger partial charge in [-0.15, -0.1) is 0 Å². The number of nitro groups is 1. The summed E-state index contributed by atoms with van der Waals surface area (Å²) >= 11 is 0. The molecule has 1 amide bonds. The van der Waals surface area contributed by atoms with Crippen LogP contribution in [0.1, 0.15) is 24.5 Å². The van der Waals surface area contributed by atoms with Crippen LogP contribution in [-0.4, -0.2) is 17.4 Å². The van der Waals surface area contributed by atoms with Crippen LogP contribution >= 0.6 is 0 Å². The monoisotopic (exact) mass is 246 g/mol. The van der Waals surface area contributed by atoms with Gasteiger partial charge in [-0.25, -0.2) is 0 Å². The fourth-order valence-corrected chi connectivity index (χ4v) is 1.36. The van der Waals surface area contributed by atoms with Crippen LogP contribution in [0.25, 0.3) is 0 Å². The minimum atomic E-state index is -0.430. The van der Waals surface area contributed by atoms with E-state index in [2.05, 4.69) is 17.2 Å². The fraction of sp³-hybridized carbons (Fsp3) is 0.308. The minimum Gasteiger partial charge on any atom is -0.355 e. The van der Waals surface area contributed by atoms with Crippen molar-refractivity contribution in [3.05, 3.63) is 39.4 Å². The Morgan fingerprint density at radius 3 is 2.78 bits per heavy atom. The lowest BCUT2D eigenvalue weighted by atomic mass is 10.1. The number of aryl methyl sites for hydroxylation is 1. The van der Waals surface area contributed by atoms with Crippen molar-refractivity contribution >= 4 is 11.6 Å².